The quantitative estimate of drug-likeness (QED) is 0.166. The van der Waals surface area contributed by atoms with Gasteiger partial charge in [0.25, 0.3) is 0 Å². The first-order valence-corrected chi connectivity index (χ1v) is 9.02. The van der Waals surface area contributed by atoms with Crippen LogP contribution in [0, 0.1) is 0 Å². The summed E-state index contributed by atoms with van der Waals surface area (Å²) in [4.78, 5) is 70.3. The fourth-order valence-electron chi connectivity index (χ4n) is 2.70. The van der Waals surface area contributed by atoms with Gasteiger partial charge in [0.05, 0.1) is 32.2 Å². The highest BCUT2D eigenvalue weighted by Gasteiger charge is 2.33. The molecule has 1 heterocycles. The van der Waals surface area contributed by atoms with E-state index in [9.17, 15) is 33.9 Å². The highest BCUT2D eigenvalue weighted by Crippen LogP contribution is 2.17. The molecule has 1 rings (SSSR count). The molecule has 1 aliphatic heterocycles. The first kappa shape index (κ1) is 24.8. The molecule has 0 radical (unpaired) electrons. The summed E-state index contributed by atoms with van der Waals surface area (Å²) in [6, 6.07) is -3.83. The van der Waals surface area contributed by atoms with E-state index in [0.717, 1.165) is 4.90 Å². The number of likely N-dealkylation sites (tertiary alicyclic amines) is 1. The van der Waals surface area contributed by atoms with Crippen molar-refractivity contribution in [2.24, 2.45) is 5.73 Å². The van der Waals surface area contributed by atoms with Crippen LogP contribution in [0.2, 0.25) is 0 Å². The van der Waals surface area contributed by atoms with Crippen molar-refractivity contribution >= 4 is 35.6 Å². The maximum Gasteiger partial charge on any atom is 0.326 e. The van der Waals surface area contributed by atoms with Gasteiger partial charge in [0, 0.05) is 6.54 Å². The fraction of sp³-hybridized carbons (Fsp3) is 0.625. The minimum atomic E-state index is -1.47. The molecule has 1 saturated heterocycles. The molecule has 168 valence electrons. The zero-order chi connectivity index (χ0) is 22.8. The summed E-state index contributed by atoms with van der Waals surface area (Å²) < 4.78 is 0. The lowest BCUT2D eigenvalue weighted by Gasteiger charge is -2.21. The molecule has 1 aliphatic rings. The molecule has 0 aromatic rings. The Bertz CT molecular complexity index is 699. The van der Waals surface area contributed by atoms with Crippen LogP contribution in [-0.4, -0.2) is 100 Å². The molecule has 0 aliphatic carbocycles. The number of nitrogens with one attached hydrogen (secondary N) is 3. The number of nitrogens with zero attached hydrogens (tertiary/aromatic N) is 1. The Hall–Kier alpha value is -3.26. The Morgan fingerprint density at radius 2 is 1.70 bits per heavy atom. The van der Waals surface area contributed by atoms with Gasteiger partial charge in [-0.05, 0) is 12.8 Å². The molecule has 8 N–H and O–H groups in total. The average molecular weight is 431 g/mol. The number of carboxylic acids is 2. The predicted octanol–water partition coefficient (Wildman–Crippen LogP) is -4.43. The molecular weight excluding hydrogens is 406 g/mol. The van der Waals surface area contributed by atoms with Gasteiger partial charge in [0.1, 0.15) is 12.1 Å². The topological polar surface area (TPSA) is 228 Å². The van der Waals surface area contributed by atoms with Gasteiger partial charge in [-0.2, -0.15) is 0 Å². The molecule has 3 atom stereocenters. The van der Waals surface area contributed by atoms with Crippen molar-refractivity contribution in [1.82, 2.24) is 20.9 Å². The Balaban J connectivity index is 2.42. The van der Waals surface area contributed by atoms with Crippen LogP contribution >= 0.6 is 0 Å². The van der Waals surface area contributed by atoms with Crippen LogP contribution in [0.3, 0.4) is 0 Å². The third-order valence-corrected chi connectivity index (χ3v) is 4.27. The van der Waals surface area contributed by atoms with E-state index in [0.29, 0.717) is 12.8 Å². The SMILES string of the molecule is N[C@@H](CC(=O)O)C(=O)N[C@@H](CO)C(=O)NCC(=O)NCC(=O)N1CCC[C@H]1C(=O)O. The second-order valence-corrected chi connectivity index (χ2v) is 6.53. The van der Waals surface area contributed by atoms with E-state index in [-0.39, 0.29) is 6.54 Å². The molecule has 4 amide bonds. The summed E-state index contributed by atoms with van der Waals surface area (Å²) in [5.41, 5.74) is 5.35. The number of hydrogen-bond acceptors (Lipinski definition) is 8. The minimum absolute atomic E-state index is 0.268. The first-order chi connectivity index (χ1) is 14.1. The number of nitrogens with two attached hydrogens (primary N) is 1. The second kappa shape index (κ2) is 11.7. The minimum Gasteiger partial charge on any atom is -0.481 e. The maximum atomic E-state index is 12.0. The van der Waals surface area contributed by atoms with E-state index in [2.05, 4.69) is 16.0 Å². The van der Waals surface area contributed by atoms with Gasteiger partial charge in [0.15, 0.2) is 0 Å². The van der Waals surface area contributed by atoms with E-state index in [4.69, 9.17) is 15.9 Å². The molecule has 0 aromatic carbocycles. The number of aliphatic hydroxyl groups excluding tert-OH is 1. The van der Waals surface area contributed by atoms with Crippen molar-refractivity contribution < 1.29 is 44.1 Å². The van der Waals surface area contributed by atoms with Crippen molar-refractivity contribution in [2.75, 3.05) is 26.2 Å². The molecule has 1 fully saturated rings. The maximum absolute atomic E-state index is 12.0. The first-order valence-electron chi connectivity index (χ1n) is 9.02. The van der Waals surface area contributed by atoms with Crippen LogP contribution in [-0.2, 0) is 28.8 Å². The van der Waals surface area contributed by atoms with Crippen LogP contribution in [0.1, 0.15) is 19.3 Å². The van der Waals surface area contributed by atoms with Gasteiger partial charge in [-0.3, -0.25) is 24.0 Å². The van der Waals surface area contributed by atoms with Gasteiger partial charge in [0.2, 0.25) is 23.6 Å². The molecule has 30 heavy (non-hydrogen) atoms. The number of hydrogen-bond donors (Lipinski definition) is 7. The van der Waals surface area contributed by atoms with Gasteiger partial charge in [-0.1, -0.05) is 0 Å². The standard InChI is InChI=1S/C16H25N5O9/c17-8(4-13(25)26)14(27)20-9(7-22)15(28)19-5-11(23)18-6-12(24)21-3-1-2-10(21)16(29)30/h8-10,22H,1-7,17H2,(H,18,23)(H,19,28)(H,20,27)(H,25,26)(H,29,30)/t8-,9-,10-/m0/s1. The monoisotopic (exact) mass is 431 g/mol. The van der Waals surface area contributed by atoms with Crippen molar-refractivity contribution in [3.63, 3.8) is 0 Å². The van der Waals surface area contributed by atoms with E-state index < -0.39 is 79.8 Å². The van der Waals surface area contributed by atoms with E-state index >= 15 is 0 Å². The van der Waals surface area contributed by atoms with Crippen LogP contribution in [0.25, 0.3) is 0 Å². The largest absolute Gasteiger partial charge is 0.481 e. The third-order valence-electron chi connectivity index (χ3n) is 4.27. The zero-order valence-corrected chi connectivity index (χ0v) is 16.0. The smallest absolute Gasteiger partial charge is 0.326 e. The summed E-state index contributed by atoms with van der Waals surface area (Å²) in [6.45, 7) is -1.60. The highest BCUT2D eigenvalue weighted by atomic mass is 16.4. The zero-order valence-electron chi connectivity index (χ0n) is 16.0. The summed E-state index contributed by atoms with van der Waals surface area (Å²) >= 11 is 0. The molecule has 0 aromatic heterocycles. The molecule has 14 heteroatoms. The molecular formula is C16H25N5O9. The van der Waals surface area contributed by atoms with Crippen molar-refractivity contribution in [3.8, 4) is 0 Å². The van der Waals surface area contributed by atoms with Crippen LogP contribution in [0.15, 0.2) is 0 Å². The molecule has 0 saturated carbocycles. The number of aliphatic hydroxyl groups is 1. The lowest BCUT2D eigenvalue weighted by Crippen LogP contribution is -2.54. The van der Waals surface area contributed by atoms with E-state index in [1.54, 1.807) is 0 Å². The number of carboxylic acid groups (broad SMARTS) is 2. The Morgan fingerprint density at radius 3 is 2.27 bits per heavy atom. The molecule has 14 nitrogen and oxygen atoms in total. The average Bonchev–Trinajstić information content (AvgIpc) is 3.17. The number of aliphatic carboxylic acids is 2. The Labute approximate surface area is 170 Å². The summed E-state index contributed by atoms with van der Waals surface area (Å²) in [5.74, 6) is -5.68. The number of carbonyl (C=O) groups is 6. The van der Waals surface area contributed by atoms with Crippen LogP contribution in [0.4, 0.5) is 0 Å². The summed E-state index contributed by atoms with van der Waals surface area (Å²) in [7, 11) is 0. The molecule has 0 spiro atoms. The van der Waals surface area contributed by atoms with Crippen molar-refractivity contribution in [1.29, 1.82) is 0 Å². The van der Waals surface area contributed by atoms with Gasteiger partial charge in [-0.15, -0.1) is 0 Å². The van der Waals surface area contributed by atoms with E-state index in [1.807, 2.05) is 0 Å². The third kappa shape index (κ3) is 7.63. The molecule has 0 unspecified atom stereocenters. The van der Waals surface area contributed by atoms with Gasteiger partial charge < -0.3 is 41.9 Å². The van der Waals surface area contributed by atoms with Crippen LogP contribution in [0.5, 0.6) is 0 Å². The van der Waals surface area contributed by atoms with Gasteiger partial charge >= 0.3 is 11.9 Å². The van der Waals surface area contributed by atoms with Gasteiger partial charge in [-0.25, -0.2) is 4.79 Å². The normalized spacial score (nSPS) is 17.5. The lowest BCUT2D eigenvalue weighted by atomic mass is 10.2. The molecule has 0 bridgehead atoms. The Morgan fingerprint density at radius 1 is 1.03 bits per heavy atom. The lowest BCUT2D eigenvalue weighted by molar-refractivity contribution is -0.148. The fourth-order valence-corrected chi connectivity index (χ4v) is 2.70. The van der Waals surface area contributed by atoms with Crippen LogP contribution < -0.4 is 21.7 Å². The number of carbonyl (C=O) groups excluding carboxylic acids is 4. The summed E-state index contributed by atoms with van der Waals surface area (Å²) in [6.07, 6.45) is 0.189. The number of rotatable bonds is 11. The second-order valence-electron chi connectivity index (χ2n) is 6.53. The van der Waals surface area contributed by atoms with Crippen molar-refractivity contribution in [2.45, 2.75) is 37.4 Å². The Kier molecular flexibility index (Phi) is 9.64. The van der Waals surface area contributed by atoms with E-state index in [1.165, 1.54) is 0 Å². The predicted molar refractivity (Wildman–Crippen MR) is 97.6 cm³/mol. The summed E-state index contributed by atoms with van der Waals surface area (Å²) in [5, 5.41) is 33.3. The highest BCUT2D eigenvalue weighted by molar-refractivity contribution is 5.94. The number of amides is 4. The van der Waals surface area contributed by atoms with Crippen molar-refractivity contribution in [3.05, 3.63) is 0 Å².